The van der Waals surface area contributed by atoms with Crippen LogP contribution in [0.4, 0.5) is 5.69 Å². The van der Waals surface area contributed by atoms with E-state index in [9.17, 15) is 9.59 Å². The van der Waals surface area contributed by atoms with Crippen molar-refractivity contribution in [2.75, 3.05) is 5.32 Å². The summed E-state index contributed by atoms with van der Waals surface area (Å²) in [6, 6.07) is 15.8. The second-order valence-electron chi connectivity index (χ2n) is 8.05. The first-order chi connectivity index (χ1) is 15.0. The van der Waals surface area contributed by atoms with Gasteiger partial charge in [-0.05, 0) is 62.4 Å². The third kappa shape index (κ3) is 4.68. The van der Waals surface area contributed by atoms with Gasteiger partial charge in [0.1, 0.15) is 0 Å². The number of rotatable bonds is 7. The molecule has 0 unspecified atom stereocenters. The molecular weight excluding hydrogens is 388 g/mol. The van der Waals surface area contributed by atoms with Gasteiger partial charge in [-0.3, -0.25) is 9.59 Å². The second kappa shape index (κ2) is 9.16. The van der Waals surface area contributed by atoms with Gasteiger partial charge in [0, 0.05) is 29.9 Å². The average molecular weight is 417 g/mol. The van der Waals surface area contributed by atoms with Crippen molar-refractivity contribution < 1.29 is 9.59 Å². The van der Waals surface area contributed by atoms with Gasteiger partial charge in [-0.15, -0.1) is 0 Å². The molecule has 0 bridgehead atoms. The smallest absolute Gasteiger partial charge is 0.272 e. The van der Waals surface area contributed by atoms with Gasteiger partial charge < -0.3 is 10.6 Å². The van der Waals surface area contributed by atoms with E-state index in [1.165, 1.54) is 5.56 Å². The van der Waals surface area contributed by atoms with Gasteiger partial charge in [-0.1, -0.05) is 36.8 Å². The van der Waals surface area contributed by atoms with Gasteiger partial charge in [0.05, 0.1) is 5.69 Å². The van der Waals surface area contributed by atoms with Gasteiger partial charge in [-0.2, -0.15) is 5.10 Å². The van der Waals surface area contributed by atoms with E-state index in [1.54, 1.807) is 0 Å². The summed E-state index contributed by atoms with van der Waals surface area (Å²) in [6.07, 6.45) is 4.20. The number of benzene rings is 2. The minimum absolute atomic E-state index is 0.0153. The molecule has 0 spiro atoms. The monoisotopic (exact) mass is 416 g/mol. The molecular formula is C25H28N4O2. The molecule has 0 atom stereocenters. The molecule has 0 saturated heterocycles. The molecule has 0 saturated carbocycles. The Bertz CT molecular complexity index is 1080. The quantitative estimate of drug-likeness (QED) is 0.602. The van der Waals surface area contributed by atoms with E-state index in [2.05, 4.69) is 34.8 Å². The van der Waals surface area contributed by atoms with Crippen molar-refractivity contribution in [3.63, 3.8) is 0 Å². The van der Waals surface area contributed by atoms with Crippen LogP contribution in [0.25, 0.3) is 5.69 Å². The number of aryl methyl sites for hydroxylation is 1. The van der Waals surface area contributed by atoms with Gasteiger partial charge in [0.15, 0.2) is 5.69 Å². The fraction of sp³-hybridized carbons (Fsp3) is 0.320. The van der Waals surface area contributed by atoms with E-state index >= 15 is 0 Å². The molecule has 1 aliphatic rings. The molecule has 6 heteroatoms. The molecule has 0 aliphatic heterocycles. The fourth-order valence-electron chi connectivity index (χ4n) is 3.94. The lowest BCUT2D eigenvalue weighted by molar-refractivity contribution is -0.116. The van der Waals surface area contributed by atoms with Crippen LogP contribution in [-0.4, -0.2) is 21.6 Å². The van der Waals surface area contributed by atoms with Crippen molar-refractivity contribution in [3.05, 3.63) is 76.6 Å². The first-order valence-corrected chi connectivity index (χ1v) is 10.9. The molecule has 0 radical (unpaired) electrons. The number of amides is 2. The molecule has 2 aromatic carbocycles. The number of nitrogens with one attached hydrogen (secondary N) is 2. The van der Waals surface area contributed by atoms with Crippen molar-refractivity contribution in [3.8, 4) is 5.69 Å². The average Bonchev–Trinajstić information content (AvgIpc) is 3.37. The van der Waals surface area contributed by atoms with Crippen LogP contribution < -0.4 is 10.6 Å². The summed E-state index contributed by atoms with van der Waals surface area (Å²) in [4.78, 5) is 24.6. The molecule has 0 fully saturated rings. The molecule has 4 rings (SSSR count). The van der Waals surface area contributed by atoms with Crippen LogP contribution >= 0.6 is 0 Å². The standard InChI is InChI=1S/C25H28N4O2/c1-3-5-23(30)27-19-12-10-18(11-13-19)16-26-25(31)24-21-6-4-7-22(21)29(28-24)20-14-8-17(2)9-15-20/h8-15H,3-7,16H2,1-2H3,(H,26,31)(H,27,30). The number of fused-ring (bicyclic) bond motifs is 1. The van der Waals surface area contributed by atoms with Gasteiger partial charge in [0.25, 0.3) is 5.91 Å². The number of nitrogens with zero attached hydrogens (tertiary/aromatic N) is 2. The maximum absolute atomic E-state index is 12.9. The Morgan fingerprint density at radius 3 is 2.48 bits per heavy atom. The van der Waals surface area contributed by atoms with Crippen molar-refractivity contribution in [2.24, 2.45) is 0 Å². The summed E-state index contributed by atoms with van der Waals surface area (Å²) < 4.78 is 1.92. The second-order valence-corrected chi connectivity index (χ2v) is 8.05. The van der Waals surface area contributed by atoms with Crippen LogP contribution in [0.5, 0.6) is 0 Å². The minimum atomic E-state index is -0.149. The number of hydrogen-bond donors (Lipinski definition) is 2. The van der Waals surface area contributed by atoms with Gasteiger partial charge in [-0.25, -0.2) is 4.68 Å². The van der Waals surface area contributed by atoms with Crippen molar-refractivity contribution >= 4 is 17.5 Å². The molecule has 31 heavy (non-hydrogen) atoms. The van der Waals surface area contributed by atoms with Crippen LogP contribution in [0.3, 0.4) is 0 Å². The van der Waals surface area contributed by atoms with Crippen molar-refractivity contribution in [1.82, 2.24) is 15.1 Å². The van der Waals surface area contributed by atoms with E-state index < -0.39 is 0 Å². The lowest BCUT2D eigenvalue weighted by Gasteiger charge is -2.08. The highest BCUT2D eigenvalue weighted by Crippen LogP contribution is 2.28. The summed E-state index contributed by atoms with van der Waals surface area (Å²) in [5.41, 5.74) is 6.65. The Morgan fingerprint density at radius 1 is 1.03 bits per heavy atom. The fourth-order valence-corrected chi connectivity index (χ4v) is 3.94. The zero-order valence-corrected chi connectivity index (χ0v) is 18.1. The lowest BCUT2D eigenvalue weighted by Crippen LogP contribution is -2.24. The Morgan fingerprint density at radius 2 is 1.77 bits per heavy atom. The number of carbonyl (C=O) groups is 2. The van der Waals surface area contributed by atoms with E-state index in [1.807, 2.05) is 48.0 Å². The third-order valence-electron chi connectivity index (χ3n) is 5.59. The van der Waals surface area contributed by atoms with Crippen LogP contribution in [0.2, 0.25) is 0 Å². The zero-order valence-electron chi connectivity index (χ0n) is 18.1. The van der Waals surface area contributed by atoms with E-state index in [-0.39, 0.29) is 11.8 Å². The van der Waals surface area contributed by atoms with Crippen LogP contribution in [-0.2, 0) is 24.2 Å². The summed E-state index contributed by atoms with van der Waals surface area (Å²) in [5.74, 6) is -0.133. The highest BCUT2D eigenvalue weighted by atomic mass is 16.2. The first-order valence-electron chi connectivity index (χ1n) is 10.9. The van der Waals surface area contributed by atoms with Crippen LogP contribution in [0, 0.1) is 6.92 Å². The molecule has 6 nitrogen and oxygen atoms in total. The maximum atomic E-state index is 12.9. The van der Waals surface area contributed by atoms with E-state index in [0.29, 0.717) is 18.7 Å². The first kappa shape index (κ1) is 20.8. The van der Waals surface area contributed by atoms with Crippen LogP contribution in [0.15, 0.2) is 48.5 Å². The molecule has 3 aromatic rings. The minimum Gasteiger partial charge on any atom is -0.347 e. The topological polar surface area (TPSA) is 76.0 Å². The predicted molar refractivity (Wildman–Crippen MR) is 121 cm³/mol. The molecule has 2 amide bonds. The summed E-state index contributed by atoms with van der Waals surface area (Å²) >= 11 is 0. The largest absolute Gasteiger partial charge is 0.347 e. The Kier molecular flexibility index (Phi) is 6.16. The molecule has 160 valence electrons. The highest BCUT2D eigenvalue weighted by Gasteiger charge is 2.26. The summed E-state index contributed by atoms with van der Waals surface area (Å²) in [5, 5.41) is 10.5. The number of aromatic nitrogens is 2. The van der Waals surface area contributed by atoms with Gasteiger partial charge in [0.2, 0.25) is 5.91 Å². The summed E-state index contributed by atoms with van der Waals surface area (Å²) in [7, 11) is 0. The number of hydrogen-bond acceptors (Lipinski definition) is 3. The van der Waals surface area contributed by atoms with Crippen LogP contribution in [0.1, 0.15) is 59.1 Å². The molecule has 2 N–H and O–H groups in total. The Labute approximate surface area is 182 Å². The molecule has 1 aliphatic carbocycles. The Hall–Kier alpha value is -3.41. The van der Waals surface area contributed by atoms with E-state index in [4.69, 9.17) is 0 Å². The Balaban J connectivity index is 1.44. The van der Waals surface area contributed by atoms with Gasteiger partial charge >= 0.3 is 0 Å². The molecule has 1 heterocycles. The van der Waals surface area contributed by atoms with Crippen molar-refractivity contribution in [2.45, 2.75) is 52.5 Å². The SMILES string of the molecule is CCCC(=O)Nc1ccc(CNC(=O)c2nn(-c3ccc(C)cc3)c3c2CCC3)cc1. The highest BCUT2D eigenvalue weighted by molar-refractivity contribution is 5.94. The zero-order chi connectivity index (χ0) is 21.8. The summed E-state index contributed by atoms with van der Waals surface area (Å²) in [6.45, 7) is 4.45. The maximum Gasteiger partial charge on any atom is 0.272 e. The normalized spacial score (nSPS) is 12.5. The lowest BCUT2D eigenvalue weighted by atomic mass is 10.1. The van der Waals surface area contributed by atoms with Crippen molar-refractivity contribution in [1.29, 1.82) is 0 Å². The third-order valence-corrected chi connectivity index (χ3v) is 5.59. The predicted octanol–water partition coefficient (Wildman–Crippen LogP) is 4.34. The number of anilines is 1. The van der Waals surface area contributed by atoms with E-state index in [0.717, 1.165) is 53.9 Å². The number of carbonyl (C=O) groups excluding carboxylic acids is 2. The molecule has 1 aromatic heterocycles.